The first-order valence-corrected chi connectivity index (χ1v) is 9.34. The van der Waals surface area contributed by atoms with E-state index in [-0.39, 0.29) is 0 Å². The van der Waals surface area contributed by atoms with Gasteiger partial charge in [0.1, 0.15) is 5.65 Å². The minimum absolute atomic E-state index is 0.969. The van der Waals surface area contributed by atoms with Crippen molar-refractivity contribution in [3.8, 4) is 33.8 Å². The largest absolute Gasteiger partial charge is 0.327 e. The van der Waals surface area contributed by atoms with Crippen molar-refractivity contribution in [1.29, 1.82) is 0 Å². The molecule has 0 N–H and O–H groups in total. The van der Waals surface area contributed by atoms with E-state index < -0.39 is 0 Å². The maximum atomic E-state index is 4.96. The second-order valence-corrected chi connectivity index (χ2v) is 7.02. The van der Waals surface area contributed by atoms with Crippen LogP contribution in [0.4, 0.5) is 0 Å². The van der Waals surface area contributed by atoms with E-state index in [9.17, 15) is 0 Å². The molecule has 0 radical (unpaired) electrons. The third kappa shape index (κ3) is 2.62. The predicted octanol–water partition coefficient (Wildman–Crippen LogP) is 5.38. The summed E-state index contributed by atoms with van der Waals surface area (Å²) >= 11 is 0. The molecule has 28 heavy (non-hydrogen) atoms. The Kier molecular flexibility index (Phi) is 3.83. The van der Waals surface area contributed by atoms with Gasteiger partial charge in [-0.25, -0.2) is 4.52 Å². The van der Waals surface area contributed by atoms with Gasteiger partial charge in [-0.1, -0.05) is 60.2 Å². The number of aromatic nitrogens is 4. The van der Waals surface area contributed by atoms with Crippen molar-refractivity contribution < 1.29 is 0 Å². The number of imidazole rings is 1. The summed E-state index contributed by atoms with van der Waals surface area (Å²) in [6.07, 6.45) is 3.66. The molecule has 0 aliphatic heterocycles. The van der Waals surface area contributed by atoms with Crippen molar-refractivity contribution in [1.82, 2.24) is 19.2 Å². The Bertz CT molecular complexity index is 1250. The predicted molar refractivity (Wildman–Crippen MR) is 113 cm³/mol. The summed E-state index contributed by atoms with van der Waals surface area (Å²) in [6, 6.07) is 25.2. The number of pyridine rings is 1. The zero-order chi connectivity index (χ0) is 19.1. The van der Waals surface area contributed by atoms with Crippen molar-refractivity contribution in [2.24, 2.45) is 7.05 Å². The van der Waals surface area contributed by atoms with Crippen LogP contribution >= 0.6 is 0 Å². The first kappa shape index (κ1) is 16.5. The van der Waals surface area contributed by atoms with Gasteiger partial charge < -0.3 is 4.57 Å². The van der Waals surface area contributed by atoms with Gasteiger partial charge in [-0.15, -0.1) is 0 Å². The fraction of sp³-hybridized carbons (Fsp3) is 0.0833. The molecule has 0 aliphatic carbocycles. The van der Waals surface area contributed by atoms with E-state index in [1.165, 1.54) is 11.1 Å². The molecule has 0 saturated heterocycles. The number of benzene rings is 2. The van der Waals surface area contributed by atoms with E-state index in [1.54, 1.807) is 0 Å². The van der Waals surface area contributed by atoms with Crippen molar-refractivity contribution in [3.05, 3.63) is 90.8 Å². The van der Waals surface area contributed by atoms with Crippen molar-refractivity contribution >= 4 is 5.65 Å². The molecule has 0 spiro atoms. The first-order chi connectivity index (χ1) is 13.7. The topological polar surface area (TPSA) is 35.1 Å². The fourth-order valence-corrected chi connectivity index (χ4v) is 3.71. The Hall–Kier alpha value is -3.66. The summed E-state index contributed by atoms with van der Waals surface area (Å²) in [5.41, 5.74) is 8.88. The number of aryl methyl sites for hydroxylation is 2. The van der Waals surface area contributed by atoms with Crippen LogP contribution in [0.1, 0.15) is 5.56 Å². The summed E-state index contributed by atoms with van der Waals surface area (Å²) in [6.45, 7) is 2.11. The quantitative estimate of drug-likeness (QED) is 0.431. The van der Waals surface area contributed by atoms with Crippen LogP contribution in [0.3, 0.4) is 0 Å². The maximum absolute atomic E-state index is 4.96. The van der Waals surface area contributed by atoms with Gasteiger partial charge in [-0.2, -0.15) is 5.10 Å². The monoisotopic (exact) mass is 364 g/mol. The van der Waals surface area contributed by atoms with Gasteiger partial charge in [-0.3, -0.25) is 4.98 Å². The fourth-order valence-electron chi connectivity index (χ4n) is 3.71. The molecule has 0 aliphatic rings. The van der Waals surface area contributed by atoms with Crippen LogP contribution in [0.5, 0.6) is 0 Å². The Morgan fingerprint density at radius 3 is 2.11 bits per heavy atom. The van der Waals surface area contributed by atoms with E-state index >= 15 is 0 Å². The summed E-state index contributed by atoms with van der Waals surface area (Å²) in [5, 5.41) is 4.96. The molecule has 0 saturated carbocycles. The normalized spacial score (nSPS) is 11.2. The summed E-state index contributed by atoms with van der Waals surface area (Å²) in [4.78, 5) is 4.19. The highest BCUT2D eigenvalue weighted by Gasteiger charge is 2.21. The van der Waals surface area contributed by atoms with Gasteiger partial charge in [0, 0.05) is 42.2 Å². The van der Waals surface area contributed by atoms with Gasteiger partial charge in [-0.05, 0) is 19.1 Å². The number of hydrogen-bond donors (Lipinski definition) is 0. The van der Waals surface area contributed by atoms with Crippen LogP contribution < -0.4 is 0 Å². The van der Waals surface area contributed by atoms with Crippen LogP contribution in [-0.2, 0) is 7.05 Å². The molecule has 0 fully saturated rings. The molecule has 0 bridgehead atoms. The van der Waals surface area contributed by atoms with Crippen molar-refractivity contribution in [3.63, 3.8) is 0 Å². The van der Waals surface area contributed by atoms with E-state index in [1.807, 2.05) is 47.2 Å². The standard InChI is InChI=1S/C24H20N4/c1-17-8-10-19(11-9-17)23-24(20-12-14-25-15-13-20)28-22(27(23)2)16-21(26-28)18-6-4-3-5-7-18/h3-16H,1-2H3. The smallest absolute Gasteiger partial charge is 0.137 e. The molecular weight excluding hydrogens is 344 g/mol. The van der Waals surface area contributed by atoms with Crippen LogP contribution in [0.15, 0.2) is 85.2 Å². The lowest BCUT2D eigenvalue weighted by Crippen LogP contribution is -1.94. The third-order valence-electron chi connectivity index (χ3n) is 5.15. The van der Waals surface area contributed by atoms with Crippen LogP contribution in [0, 0.1) is 6.92 Å². The lowest BCUT2D eigenvalue weighted by molar-refractivity contribution is 0.934. The highest BCUT2D eigenvalue weighted by molar-refractivity contribution is 5.83. The summed E-state index contributed by atoms with van der Waals surface area (Å²) in [5.74, 6) is 0. The van der Waals surface area contributed by atoms with Crippen LogP contribution in [0.2, 0.25) is 0 Å². The molecule has 4 nitrogen and oxygen atoms in total. The van der Waals surface area contributed by atoms with E-state index in [4.69, 9.17) is 5.10 Å². The molecule has 2 aromatic carbocycles. The lowest BCUT2D eigenvalue weighted by atomic mass is 10.0. The Balaban J connectivity index is 1.81. The van der Waals surface area contributed by atoms with Crippen molar-refractivity contribution in [2.75, 3.05) is 0 Å². The Labute approximate surface area is 163 Å². The summed E-state index contributed by atoms with van der Waals surface area (Å²) in [7, 11) is 2.10. The number of fused-ring (bicyclic) bond motifs is 1. The first-order valence-electron chi connectivity index (χ1n) is 9.34. The minimum atomic E-state index is 0.969. The highest BCUT2D eigenvalue weighted by Crippen LogP contribution is 2.36. The average molecular weight is 364 g/mol. The van der Waals surface area contributed by atoms with E-state index in [2.05, 4.69) is 66.0 Å². The SMILES string of the molecule is Cc1ccc(-c2c(-c3ccncc3)n3nc(-c4ccccc4)cc3n2C)cc1. The number of rotatable bonds is 3. The molecule has 5 rings (SSSR count). The molecular formula is C24H20N4. The van der Waals surface area contributed by atoms with Gasteiger partial charge in [0.05, 0.1) is 17.1 Å². The van der Waals surface area contributed by atoms with Gasteiger partial charge >= 0.3 is 0 Å². The third-order valence-corrected chi connectivity index (χ3v) is 5.15. The number of hydrogen-bond acceptors (Lipinski definition) is 2. The highest BCUT2D eigenvalue weighted by atomic mass is 15.3. The average Bonchev–Trinajstić information content (AvgIpc) is 3.29. The van der Waals surface area contributed by atoms with Gasteiger partial charge in [0.15, 0.2) is 0 Å². The van der Waals surface area contributed by atoms with Crippen LogP contribution in [-0.4, -0.2) is 19.2 Å². The van der Waals surface area contributed by atoms with Gasteiger partial charge in [0.25, 0.3) is 0 Å². The van der Waals surface area contributed by atoms with Crippen molar-refractivity contribution in [2.45, 2.75) is 6.92 Å². The zero-order valence-electron chi connectivity index (χ0n) is 15.9. The molecule has 0 atom stereocenters. The molecule has 3 heterocycles. The molecule has 0 unspecified atom stereocenters. The van der Waals surface area contributed by atoms with Crippen LogP contribution in [0.25, 0.3) is 39.4 Å². The van der Waals surface area contributed by atoms with E-state index in [0.29, 0.717) is 0 Å². The van der Waals surface area contributed by atoms with Gasteiger partial charge in [0.2, 0.25) is 0 Å². The second-order valence-electron chi connectivity index (χ2n) is 7.02. The second kappa shape index (κ2) is 6.50. The Morgan fingerprint density at radius 2 is 1.39 bits per heavy atom. The molecule has 4 heteroatoms. The molecule has 136 valence electrons. The molecule has 5 aromatic rings. The minimum Gasteiger partial charge on any atom is -0.327 e. The summed E-state index contributed by atoms with van der Waals surface area (Å²) < 4.78 is 4.27. The molecule has 0 amide bonds. The zero-order valence-corrected chi connectivity index (χ0v) is 15.9. The lowest BCUT2D eigenvalue weighted by Gasteiger charge is -2.08. The number of nitrogens with zero attached hydrogens (tertiary/aromatic N) is 4. The molecule has 3 aromatic heterocycles. The van der Waals surface area contributed by atoms with E-state index in [0.717, 1.165) is 33.9 Å². The Morgan fingerprint density at radius 1 is 0.714 bits per heavy atom. The maximum Gasteiger partial charge on any atom is 0.137 e.